The van der Waals surface area contributed by atoms with Gasteiger partial charge in [-0.2, -0.15) is 0 Å². The molecule has 33 heavy (non-hydrogen) atoms. The van der Waals surface area contributed by atoms with Gasteiger partial charge in [0, 0.05) is 11.1 Å². The van der Waals surface area contributed by atoms with Crippen LogP contribution in [0.4, 0.5) is 0 Å². The summed E-state index contributed by atoms with van der Waals surface area (Å²) in [5, 5.41) is 0.928. The Morgan fingerprint density at radius 2 is 1.55 bits per heavy atom. The average Bonchev–Trinajstić information content (AvgIpc) is 2.84. The van der Waals surface area contributed by atoms with Crippen molar-refractivity contribution in [1.82, 2.24) is 0 Å². The quantitative estimate of drug-likeness (QED) is 0.279. The standard InChI is InChI=1S/C25H19ClO7/c1-29-21-10-15(11-22(30-2)24(21)31-3)25(28)33-17-8-9-18-20(12-17)32-13-19(23(18)27)14-4-6-16(26)7-5-14/h4-13H,1-3H3. The second-order valence-electron chi connectivity index (χ2n) is 6.95. The number of esters is 1. The Morgan fingerprint density at radius 3 is 2.15 bits per heavy atom. The van der Waals surface area contributed by atoms with E-state index in [1.54, 1.807) is 30.3 Å². The zero-order valence-electron chi connectivity index (χ0n) is 18.0. The van der Waals surface area contributed by atoms with Crippen LogP contribution in [0.5, 0.6) is 23.0 Å². The first-order valence-electron chi connectivity index (χ1n) is 9.79. The molecule has 168 valence electrons. The van der Waals surface area contributed by atoms with E-state index < -0.39 is 5.97 Å². The smallest absolute Gasteiger partial charge is 0.343 e. The summed E-state index contributed by atoms with van der Waals surface area (Å²) in [6.07, 6.45) is 1.37. The molecule has 0 saturated carbocycles. The van der Waals surface area contributed by atoms with Crippen molar-refractivity contribution in [3.8, 4) is 34.1 Å². The molecule has 0 radical (unpaired) electrons. The fraction of sp³-hybridized carbons (Fsp3) is 0.120. The number of carbonyl (C=O) groups is 1. The molecular weight excluding hydrogens is 448 g/mol. The second-order valence-corrected chi connectivity index (χ2v) is 7.38. The number of hydrogen-bond donors (Lipinski definition) is 0. The predicted octanol–water partition coefficient (Wildman–Crippen LogP) is 5.36. The molecule has 1 aromatic heterocycles. The maximum absolute atomic E-state index is 12.9. The van der Waals surface area contributed by atoms with E-state index in [0.717, 1.165) is 0 Å². The molecule has 8 heteroatoms. The van der Waals surface area contributed by atoms with Crippen LogP contribution in [0.15, 0.2) is 70.1 Å². The summed E-state index contributed by atoms with van der Waals surface area (Å²) in [4.78, 5) is 25.7. The largest absolute Gasteiger partial charge is 0.493 e. The number of halogens is 1. The Kier molecular flexibility index (Phi) is 6.24. The Bertz CT molecular complexity index is 1370. The van der Waals surface area contributed by atoms with Crippen LogP contribution in [0, 0.1) is 0 Å². The molecule has 4 rings (SSSR count). The van der Waals surface area contributed by atoms with Crippen molar-refractivity contribution in [2.24, 2.45) is 0 Å². The van der Waals surface area contributed by atoms with Crippen LogP contribution < -0.4 is 24.4 Å². The molecule has 0 spiro atoms. The van der Waals surface area contributed by atoms with Gasteiger partial charge in [-0.25, -0.2) is 4.79 Å². The first-order valence-corrected chi connectivity index (χ1v) is 10.2. The van der Waals surface area contributed by atoms with Gasteiger partial charge in [0.1, 0.15) is 17.6 Å². The van der Waals surface area contributed by atoms with Crippen LogP contribution >= 0.6 is 11.6 Å². The number of ether oxygens (including phenoxy) is 4. The molecule has 0 unspecified atom stereocenters. The number of methoxy groups -OCH3 is 3. The summed E-state index contributed by atoms with van der Waals surface area (Å²) in [5.74, 6) is 0.573. The molecule has 0 aliphatic heterocycles. The van der Waals surface area contributed by atoms with Crippen LogP contribution in [0.25, 0.3) is 22.1 Å². The van der Waals surface area contributed by atoms with Crippen LogP contribution in [0.2, 0.25) is 5.02 Å². The van der Waals surface area contributed by atoms with Crippen molar-refractivity contribution in [3.05, 3.63) is 81.7 Å². The Hall–Kier alpha value is -3.97. The van der Waals surface area contributed by atoms with Crippen molar-refractivity contribution < 1.29 is 28.2 Å². The van der Waals surface area contributed by atoms with Gasteiger partial charge in [-0.15, -0.1) is 0 Å². The Labute approximate surface area is 194 Å². The maximum Gasteiger partial charge on any atom is 0.343 e. The molecule has 0 N–H and O–H groups in total. The van der Waals surface area contributed by atoms with E-state index in [2.05, 4.69) is 0 Å². The van der Waals surface area contributed by atoms with E-state index >= 15 is 0 Å². The summed E-state index contributed by atoms with van der Waals surface area (Å²) in [6.45, 7) is 0. The summed E-state index contributed by atoms with van der Waals surface area (Å²) >= 11 is 5.92. The molecule has 7 nitrogen and oxygen atoms in total. The third-order valence-corrected chi connectivity index (χ3v) is 5.26. The van der Waals surface area contributed by atoms with E-state index in [-0.39, 0.29) is 22.3 Å². The van der Waals surface area contributed by atoms with E-state index in [1.807, 2.05) is 0 Å². The summed E-state index contributed by atoms with van der Waals surface area (Å²) < 4.78 is 27.0. The van der Waals surface area contributed by atoms with E-state index in [9.17, 15) is 9.59 Å². The first-order chi connectivity index (χ1) is 15.9. The second kappa shape index (κ2) is 9.26. The van der Waals surface area contributed by atoms with E-state index in [1.165, 1.54) is 51.9 Å². The van der Waals surface area contributed by atoms with Crippen molar-refractivity contribution in [3.63, 3.8) is 0 Å². The minimum absolute atomic E-state index is 0.198. The van der Waals surface area contributed by atoms with Gasteiger partial charge in [0.05, 0.1) is 37.8 Å². The van der Waals surface area contributed by atoms with Gasteiger partial charge in [-0.05, 0) is 42.0 Å². The highest BCUT2D eigenvalue weighted by molar-refractivity contribution is 6.30. The molecule has 0 saturated heterocycles. The highest BCUT2D eigenvalue weighted by Gasteiger charge is 2.19. The third kappa shape index (κ3) is 4.36. The number of fused-ring (bicyclic) bond motifs is 1. The van der Waals surface area contributed by atoms with Gasteiger partial charge in [0.15, 0.2) is 16.9 Å². The minimum atomic E-state index is -0.645. The van der Waals surface area contributed by atoms with Crippen LogP contribution in [0.1, 0.15) is 10.4 Å². The fourth-order valence-corrected chi connectivity index (χ4v) is 3.49. The molecule has 0 aliphatic rings. The Morgan fingerprint density at radius 1 is 0.879 bits per heavy atom. The van der Waals surface area contributed by atoms with Crippen molar-refractivity contribution in [2.45, 2.75) is 0 Å². The average molecular weight is 467 g/mol. The van der Waals surface area contributed by atoms with Crippen LogP contribution in [0.3, 0.4) is 0 Å². The maximum atomic E-state index is 12.9. The van der Waals surface area contributed by atoms with Gasteiger partial charge in [0.25, 0.3) is 0 Å². The van der Waals surface area contributed by atoms with Crippen LogP contribution in [-0.4, -0.2) is 27.3 Å². The lowest BCUT2D eigenvalue weighted by Crippen LogP contribution is -2.10. The highest BCUT2D eigenvalue weighted by atomic mass is 35.5. The Balaban J connectivity index is 1.65. The number of hydrogen-bond acceptors (Lipinski definition) is 7. The molecule has 0 fully saturated rings. The summed E-state index contributed by atoms with van der Waals surface area (Å²) in [5.41, 5.74) is 1.37. The molecule has 4 aromatic rings. The van der Waals surface area contributed by atoms with Crippen LogP contribution in [-0.2, 0) is 0 Å². The number of rotatable bonds is 6. The van der Waals surface area contributed by atoms with Gasteiger partial charge in [-0.1, -0.05) is 23.7 Å². The van der Waals surface area contributed by atoms with Gasteiger partial charge < -0.3 is 23.4 Å². The fourth-order valence-electron chi connectivity index (χ4n) is 3.37. The van der Waals surface area contributed by atoms with E-state index in [0.29, 0.717) is 38.8 Å². The van der Waals surface area contributed by atoms with Gasteiger partial charge in [-0.3, -0.25) is 4.79 Å². The topological polar surface area (TPSA) is 84.2 Å². The highest BCUT2D eigenvalue weighted by Crippen LogP contribution is 2.38. The molecule has 1 heterocycles. The molecule has 0 aliphatic carbocycles. The first kappa shape index (κ1) is 22.2. The SMILES string of the molecule is COc1cc(C(=O)Oc2ccc3c(=O)c(-c4ccc(Cl)cc4)coc3c2)cc(OC)c1OC. The predicted molar refractivity (Wildman–Crippen MR) is 124 cm³/mol. The molecular formula is C25H19ClO7. The zero-order chi connectivity index (χ0) is 23.5. The zero-order valence-corrected chi connectivity index (χ0v) is 18.8. The van der Waals surface area contributed by atoms with Crippen molar-refractivity contribution >= 4 is 28.5 Å². The van der Waals surface area contributed by atoms with Gasteiger partial charge in [0.2, 0.25) is 5.75 Å². The minimum Gasteiger partial charge on any atom is -0.493 e. The third-order valence-electron chi connectivity index (χ3n) is 5.01. The molecule has 0 amide bonds. The lowest BCUT2D eigenvalue weighted by molar-refractivity contribution is 0.0734. The molecule has 0 bridgehead atoms. The number of benzene rings is 3. The summed E-state index contributed by atoms with van der Waals surface area (Å²) in [7, 11) is 4.38. The van der Waals surface area contributed by atoms with E-state index in [4.69, 9.17) is 35.0 Å². The van der Waals surface area contributed by atoms with Gasteiger partial charge >= 0.3 is 5.97 Å². The number of carbonyl (C=O) groups excluding carboxylic acids is 1. The lowest BCUT2D eigenvalue weighted by atomic mass is 10.1. The van der Waals surface area contributed by atoms with Crippen molar-refractivity contribution in [2.75, 3.05) is 21.3 Å². The lowest BCUT2D eigenvalue weighted by Gasteiger charge is -2.13. The normalized spacial score (nSPS) is 10.7. The molecule has 3 aromatic carbocycles. The monoisotopic (exact) mass is 466 g/mol. The van der Waals surface area contributed by atoms with Crippen molar-refractivity contribution in [1.29, 1.82) is 0 Å². The summed E-state index contributed by atoms with van der Waals surface area (Å²) in [6, 6.07) is 14.4. The molecule has 0 atom stereocenters.